The van der Waals surface area contributed by atoms with Gasteiger partial charge in [-0.05, 0) is 18.1 Å². The maximum absolute atomic E-state index is 11.7. The Bertz CT molecular complexity index is 579. The van der Waals surface area contributed by atoms with Gasteiger partial charge in [0.1, 0.15) is 6.61 Å². The summed E-state index contributed by atoms with van der Waals surface area (Å²) < 4.78 is 5.17. The number of alkyl carbamates (subject to hydrolysis) is 1. The maximum atomic E-state index is 11.7. The molecule has 0 aliphatic heterocycles. The monoisotopic (exact) mass is 281 g/mol. The summed E-state index contributed by atoms with van der Waals surface area (Å²) in [7, 11) is 0. The fraction of sp³-hybridized carbons (Fsp3) is 0.167. The van der Waals surface area contributed by atoms with Crippen molar-refractivity contribution in [3.05, 3.63) is 77.9 Å². The highest BCUT2D eigenvalue weighted by Crippen LogP contribution is 2.03. The van der Waals surface area contributed by atoms with E-state index >= 15 is 0 Å². The number of hydrogen-bond donors (Lipinski definition) is 1. The molecule has 1 atom stereocenters. The van der Waals surface area contributed by atoms with Crippen molar-refractivity contribution in [2.45, 2.75) is 19.6 Å². The van der Waals surface area contributed by atoms with E-state index in [2.05, 4.69) is 5.32 Å². The van der Waals surface area contributed by atoms with Crippen molar-refractivity contribution in [3.63, 3.8) is 0 Å². The summed E-state index contributed by atoms with van der Waals surface area (Å²) in [6, 6.07) is 19.5. The van der Waals surface area contributed by atoms with E-state index in [9.17, 15) is 4.79 Å². The number of hydrogen-bond acceptors (Lipinski definition) is 2. The first-order chi connectivity index (χ1) is 10.2. The van der Waals surface area contributed by atoms with Crippen LogP contribution in [0, 0.1) is 0 Å². The van der Waals surface area contributed by atoms with Gasteiger partial charge < -0.3 is 10.1 Å². The van der Waals surface area contributed by atoms with Gasteiger partial charge in [0.25, 0.3) is 0 Å². The molecule has 0 spiro atoms. The predicted molar refractivity (Wildman–Crippen MR) is 84.7 cm³/mol. The SMILES string of the molecule is C[C@@H](/C=C/c1ccccc1)NC(=O)OCc1ccccc1. The molecule has 3 nitrogen and oxygen atoms in total. The molecule has 0 aliphatic carbocycles. The highest BCUT2D eigenvalue weighted by Gasteiger charge is 2.05. The molecule has 21 heavy (non-hydrogen) atoms. The topological polar surface area (TPSA) is 38.3 Å². The zero-order valence-electron chi connectivity index (χ0n) is 12.0. The largest absolute Gasteiger partial charge is 0.445 e. The van der Waals surface area contributed by atoms with Crippen LogP contribution in [0.5, 0.6) is 0 Å². The van der Waals surface area contributed by atoms with Gasteiger partial charge in [0.15, 0.2) is 0 Å². The second kappa shape index (κ2) is 7.90. The summed E-state index contributed by atoms with van der Waals surface area (Å²) in [5.41, 5.74) is 2.07. The molecule has 0 bridgehead atoms. The molecular weight excluding hydrogens is 262 g/mol. The van der Waals surface area contributed by atoms with E-state index in [4.69, 9.17) is 4.74 Å². The van der Waals surface area contributed by atoms with Crippen molar-refractivity contribution in [2.75, 3.05) is 0 Å². The zero-order valence-corrected chi connectivity index (χ0v) is 12.0. The number of amides is 1. The Balaban J connectivity index is 1.76. The summed E-state index contributed by atoms with van der Waals surface area (Å²) in [6.45, 7) is 2.19. The van der Waals surface area contributed by atoms with Crippen LogP contribution >= 0.6 is 0 Å². The van der Waals surface area contributed by atoms with Crippen LogP contribution in [-0.2, 0) is 11.3 Å². The first kappa shape index (κ1) is 14.9. The molecule has 0 unspecified atom stereocenters. The van der Waals surface area contributed by atoms with E-state index in [1.807, 2.05) is 79.7 Å². The van der Waals surface area contributed by atoms with Crippen LogP contribution in [0.15, 0.2) is 66.7 Å². The summed E-state index contributed by atoms with van der Waals surface area (Å²) >= 11 is 0. The third-order valence-electron chi connectivity index (χ3n) is 2.94. The van der Waals surface area contributed by atoms with Gasteiger partial charge in [-0.15, -0.1) is 0 Å². The molecule has 0 saturated carbocycles. The van der Waals surface area contributed by atoms with Gasteiger partial charge in [-0.2, -0.15) is 0 Å². The fourth-order valence-corrected chi connectivity index (χ4v) is 1.82. The summed E-state index contributed by atoms with van der Waals surface area (Å²) in [5, 5.41) is 2.77. The van der Waals surface area contributed by atoms with Gasteiger partial charge in [0.05, 0.1) is 0 Å². The van der Waals surface area contributed by atoms with Crippen LogP contribution in [0.25, 0.3) is 6.08 Å². The number of rotatable bonds is 5. The lowest BCUT2D eigenvalue weighted by molar-refractivity contribution is 0.138. The number of carbonyl (C=O) groups excluding carboxylic acids is 1. The Hall–Kier alpha value is -2.55. The minimum Gasteiger partial charge on any atom is -0.445 e. The molecule has 2 aromatic rings. The number of benzene rings is 2. The molecule has 0 heterocycles. The van der Waals surface area contributed by atoms with E-state index < -0.39 is 6.09 Å². The third kappa shape index (κ3) is 5.53. The Morgan fingerprint density at radius 1 is 1.10 bits per heavy atom. The van der Waals surface area contributed by atoms with E-state index in [1.54, 1.807) is 0 Å². The lowest BCUT2D eigenvalue weighted by Crippen LogP contribution is -2.31. The lowest BCUT2D eigenvalue weighted by atomic mass is 10.2. The van der Waals surface area contributed by atoms with E-state index in [-0.39, 0.29) is 12.6 Å². The van der Waals surface area contributed by atoms with Crippen molar-refractivity contribution in [1.82, 2.24) is 5.32 Å². The summed E-state index contributed by atoms with van der Waals surface area (Å²) in [6.07, 6.45) is 3.49. The molecule has 0 aliphatic rings. The van der Waals surface area contributed by atoms with Gasteiger partial charge >= 0.3 is 6.09 Å². The van der Waals surface area contributed by atoms with E-state index in [0.29, 0.717) is 0 Å². The molecule has 0 aromatic heterocycles. The molecule has 3 heteroatoms. The van der Waals surface area contributed by atoms with Crippen molar-refractivity contribution in [3.8, 4) is 0 Å². The van der Waals surface area contributed by atoms with Gasteiger partial charge in [0.2, 0.25) is 0 Å². The Labute approximate surface area is 125 Å². The van der Waals surface area contributed by atoms with Gasteiger partial charge in [-0.3, -0.25) is 0 Å². The first-order valence-electron chi connectivity index (χ1n) is 6.94. The highest BCUT2D eigenvalue weighted by atomic mass is 16.5. The molecule has 2 rings (SSSR count). The van der Waals surface area contributed by atoms with E-state index in [0.717, 1.165) is 11.1 Å². The lowest BCUT2D eigenvalue weighted by Gasteiger charge is -2.10. The molecule has 0 radical (unpaired) electrons. The molecule has 1 N–H and O–H groups in total. The smallest absolute Gasteiger partial charge is 0.407 e. The average Bonchev–Trinajstić information content (AvgIpc) is 2.53. The number of nitrogens with one attached hydrogen (secondary N) is 1. The Kier molecular flexibility index (Phi) is 5.59. The van der Waals surface area contributed by atoms with Crippen LogP contribution < -0.4 is 5.32 Å². The van der Waals surface area contributed by atoms with Crippen LogP contribution in [0.4, 0.5) is 4.79 Å². The minimum atomic E-state index is -0.413. The highest BCUT2D eigenvalue weighted by molar-refractivity contribution is 5.68. The van der Waals surface area contributed by atoms with Crippen molar-refractivity contribution in [1.29, 1.82) is 0 Å². The second-order valence-electron chi connectivity index (χ2n) is 4.76. The molecule has 0 fully saturated rings. The molecule has 1 amide bonds. The Morgan fingerprint density at radius 2 is 1.71 bits per heavy atom. The fourth-order valence-electron chi connectivity index (χ4n) is 1.82. The van der Waals surface area contributed by atoms with Crippen molar-refractivity contribution in [2.24, 2.45) is 0 Å². The molecule has 0 saturated heterocycles. The summed E-state index contributed by atoms with van der Waals surface area (Å²) in [4.78, 5) is 11.7. The van der Waals surface area contributed by atoms with E-state index in [1.165, 1.54) is 0 Å². The molecule has 2 aromatic carbocycles. The van der Waals surface area contributed by atoms with Crippen molar-refractivity contribution >= 4 is 12.2 Å². The molecule has 108 valence electrons. The van der Waals surface area contributed by atoms with Gasteiger partial charge in [-0.1, -0.05) is 72.8 Å². The van der Waals surface area contributed by atoms with Crippen LogP contribution in [0.1, 0.15) is 18.1 Å². The predicted octanol–water partition coefficient (Wildman–Crippen LogP) is 4.01. The summed E-state index contributed by atoms with van der Waals surface area (Å²) in [5.74, 6) is 0. The quantitative estimate of drug-likeness (QED) is 0.899. The van der Waals surface area contributed by atoms with Crippen LogP contribution in [0.2, 0.25) is 0 Å². The average molecular weight is 281 g/mol. The van der Waals surface area contributed by atoms with Gasteiger partial charge in [0, 0.05) is 6.04 Å². The number of ether oxygens (including phenoxy) is 1. The van der Waals surface area contributed by atoms with Crippen LogP contribution in [-0.4, -0.2) is 12.1 Å². The minimum absolute atomic E-state index is 0.0894. The van der Waals surface area contributed by atoms with Crippen LogP contribution in [0.3, 0.4) is 0 Å². The number of carbonyl (C=O) groups is 1. The standard InChI is InChI=1S/C18H19NO2/c1-15(12-13-16-8-4-2-5-9-16)19-18(20)21-14-17-10-6-3-7-11-17/h2-13,15H,14H2,1H3,(H,19,20)/b13-12+/t15-/m0/s1. The van der Waals surface area contributed by atoms with Crippen molar-refractivity contribution < 1.29 is 9.53 Å². The zero-order chi connectivity index (χ0) is 14.9. The second-order valence-corrected chi connectivity index (χ2v) is 4.76. The maximum Gasteiger partial charge on any atom is 0.407 e. The van der Waals surface area contributed by atoms with Gasteiger partial charge in [-0.25, -0.2) is 4.79 Å². The normalized spacial score (nSPS) is 12.0. The first-order valence-corrected chi connectivity index (χ1v) is 6.94. The Morgan fingerprint density at radius 3 is 2.38 bits per heavy atom. The molecular formula is C18H19NO2. The third-order valence-corrected chi connectivity index (χ3v) is 2.94.